The predicted molar refractivity (Wildman–Crippen MR) is 68.0 cm³/mol. The van der Waals surface area contributed by atoms with E-state index in [-0.39, 0.29) is 12.4 Å². The molecule has 0 aliphatic carbocycles. The van der Waals surface area contributed by atoms with E-state index in [0.717, 1.165) is 0 Å². The number of benzene rings is 1. The first-order valence-corrected chi connectivity index (χ1v) is 5.70. The molecule has 0 aliphatic heterocycles. The highest BCUT2D eigenvalue weighted by molar-refractivity contribution is 5.94. The number of aliphatic carboxylic acids is 1. The van der Waals surface area contributed by atoms with Gasteiger partial charge in [-0.25, -0.2) is 4.79 Å². The van der Waals surface area contributed by atoms with Gasteiger partial charge in [0.15, 0.2) is 5.78 Å². The zero-order chi connectivity index (χ0) is 13.5. The van der Waals surface area contributed by atoms with Crippen LogP contribution in [-0.2, 0) is 4.79 Å². The van der Waals surface area contributed by atoms with Crippen molar-refractivity contribution in [3.8, 4) is 5.75 Å². The van der Waals surface area contributed by atoms with Gasteiger partial charge >= 0.3 is 5.97 Å². The van der Waals surface area contributed by atoms with Crippen LogP contribution in [0.25, 0.3) is 0 Å². The molecule has 0 bridgehead atoms. The van der Waals surface area contributed by atoms with E-state index in [4.69, 9.17) is 9.84 Å². The molecule has 0 unspecified atom stereocenters. The van der Waals surface area contributed by atoms with Crippen molar-refractivity contribution < 1.29 is 19.4 Å². The summed E-state index contributed by atoms with van der Waals surface area (Å²) < 4.78 is 5.37. The van der Waals surface area contributed by atoms with E-state index in [1.165, 1.54) is 6.92 Å². The van der Waals surface area contributed by atoms with Crippen molar-refractivity contribution in [1.82, 2.24) is 0 Å². The second-order valence-corrected chi connectivity index (χ2v) is 3.78. The van der Waals surface area contributed by atoms with Gasteiger partial charge in [0.05, 0.1) is 0 Å². The average molecular weight is 248 g/mol. The third kappa shape index (κ3) is 4.05. The summed E-state index contributed by atoms with van der Waals surface area (Å²) in [5.74, 6) is -0.314. The Bertz CT molecular complexity index is 457. The predicted octanol–water partition coefficient (Wildman–Crippen LogP) is 2.69. The summed E-state index contributed by atoms with van der Waals surface area (Å²) >= 11 is 0. The number of carboxylic acids is 1. The molecule has 0 heterocycles. The molecule has 4 heteroatoms. The highest BCUT2D eigenvalue weighted by Crippen LogP contribution is 2.13. The van der Waals surface area contributed by atoms with Gasteiger partial charge < -0.3 is 9.84 Å². The maximum absolute atomic E-state index is 11.1. The summed E-state index contributed by atoms with van der Waals surface area (Å²) in [5, 5.41) is 8.81. The second-order valence-electron chi connectivity index (χ2n) is 3.78. The molecule has 0 radical (unpaired) electrons. The molecule has 0 spiro atoms. The second kappa shape index (κ2) is 6.59. The highest BCUT2D eigenvalue weighted by Gasteiger charge is 2.03. The fourth-order valence-electron chi connectivity index (χ4n) is 1.41. The summed E-state index contributed by atoms with van der Waals surface area (Å²) in [7, 11) is 0. The van der Waals surface area contributed by atoms with Gasteiger partial charge in [0.25, 0.3) is 0 Å². The standard InChI is InChI=1S/C14H16O4/c1-3-11(14(16)17)8-9-18-13-6-4-12(5-7-13)10(2)15/h4-8H,3,9H2,1-2H3,(H,16,17). The molecule has 96 valence electrons. The minimum Gasteiger partial charge on any atom is -0.490 e. The van der Waals surface area contributed by atoms with Gasteiger partial charge in [0.1, 0.15) is 12.4 Å². The molecule has 1 N–H and O–H groups in total. The minimum absolute atomic E-state index is 0.000548. The van der Waals surface area contributed by atoms with E-state index in [0.29, 0.717) is 23.3 Å². The zero-order valence-corrected chi connectivity index (χ0v) is 10.5. The molecular formula is C14H16O4. The molecule has 0 atom stereocenters. The van der Waals surface area contributed by atoms with Crippen molar-refractivity contribution in [2.75, 3.05) is 6.61 Å². The Morgan fingerprint density at radius 1 is 1.28 bits per heavy atom. The third-order valence-corrected chi connectivity index (χ3v) is 2.50. The quantitative estimate of drug-likeness (QED) is 0.621. The summed E-state index contributed by atoms with van der Waals surface area (Å²) in [6.45, 7) is 3.48. The molecule has 0 aromatic heterocycles. The Kier molecular flexibility index (Phi) is 5.11. The van der Waals surface area contributed by atoms with Gasteiger partial charge in [-0.2, -0.15) is 0 Å². The van der Waals surface area contributed by atoms with Crippen LogP contribution in [0.4, 0.5) is 0 Å². The lowest BCUT2D eigenvalue weighted by molar-refractivity contribution is -0.132. The molecule has 0 fully saturated rings. The summed E-state index contributed by atoms with van der Waals surface area (Å²) in [6.07, 6.45) is 2.00. The normalized spacial score (nSPS) is 11.1. The van der Waals surface area contributed by atoms with Gasteiger partial charge in [-0.05, 0) is 43.7 Å². The fraction of sp³-hybridized carbons (Fsp3) is 0.286. The van der Waals surface area contributed by atoms with Crippen LogP contribution < -0.4 is 4.74 Å². The minimum atomic E-state index is -0.923. The van der Waals surface area contributed by atoms with Crippen molar-refractivity contribution in [3.05, 3.63) is 41.5 Å². The molecular weight excluding hydrogens is 232 g/mol. The molecule has 0 amide bonds. The van der Waals surface area contributed by atoms with E-state index < -0.39 is 5.97 Å². The van der Waals surface area contributed by atoms with Crippen LogP contribution in [0.15, 0.2) is 35.9 Å². The molecule has 0 aliphatic rings. The van der Waals surface area contributed by atoms with Crippen molar-refractivity contribution in [2.24, 2.45) is 0 Å². The first-order chi connectivity index (χ1) is 8.54. The molecule has 1 rings (SSSR count). The van der Waals surface area contributed by atoms with E-state index in [2.05, 4.69) is 0 Å². The molecule has 1 aromatic rings. The van der Waals surface area contributed by atoms with Crippen molar-refractivity contribution in [3.63, 3.8) is 0 Å². The number of hydrogen-bond acceptors (Lipinski definition) is 3. The Hall–Kier alpha value is -2.10. The van der Waals surface area contributed by atoms with Crippen LogP contribution in [0.2, 0.25) is 0 Å². The first kappa shape index (κ1) is 14.0. The van der Waals surface area contributed by atoms with E-state index in [1.54, 1.807) is 37.3 Å². The number of carboxylic acid groups (broad SMARTS) is 1. The average Bonchev–Trinajstić information content (AvgIpc) is 2.34. The first-order valence-electron chi connectivity index (χ1n) is 5.70. The smallest absolute Gasteiger partial charge is 0.331 e. The van der Waals surface area contributed by atoms with E-state index >= 15 is 0 Å². The number of carbonyl (C=O) groups is 2. The molecule has 4 nitrogen and oxygen atoms in total. The van der Waals surface area contributed by atoms with Gasteiger partial charge in [-0.15, -0.1) is 0 Å². The molecule has 0 saturated carbocycles. The van der Waals surface area contributed by atoms with E-state index in [9.17, 15) is 9.59 Å². The third-order valence-electron chi connectivity index (χ3n) is 2.50. The van der Waals surface area contributed by atoms with Crippen LogP contribution >= 0.6 is 0 Å². The Morgan fingerprint density at radius 3 is 2.33 bits per heavy atom. The summed E-state index contributed by atoms with van der Waals surface area (Å²) in [4.78, 5) is 21.8. The van der Waals surface area contributed by atoms with Crippen LogP contribution in [0.1, 0.15) is 30.6 Å². The number of hydrogen-bond donors (Lipinski definition) is 1. The van der Waals surface area contributed by atoms with Crippen molar-refractivity contribution in [2.45, 2.75) is 20.3 Å². The monoisotopic (exact) mass is 248 g/mol. The fourth-order valence-corrected chi connectivity index (χ4v) is 1.41. The zero-order valence-electron chi connectivity index (χ0n) is 10.5. The number of ether oxygens (including phenoxy) is 1. The summed E-state index contributed by atoms with van der Waals surface area (Å²) in [5.41, 5.74) is 0.952. The Morgan fingerprint density at radius 2 is 1.89 bits per heavy atom. The molecule has 0 saturated heterocycles. The van der Waals surface area contributed by atoms with Gasteiger partial charge in [-0.3, -0.25) is 4.79 Å². The van der Waals surface area contributed by atoms with Crippen LogP contribution in [0.3, 0.4) is 0 Å². The topological polar surface area (TPSA) is 63.6 Å². The lowest BCUT2D eigenvalue weighted by Crippen LogP contribution is -2.03. The van der Waals surface area contributed by atoms with Crippen LogP contribution in [0, 0.1) is 0 Å². The molecule has 1 aromatic carbocycles. The van der Waals surface area contributed by atoms with Crippen molar-refractivity contribution >= 4 is 11.8 Å². The Balaban J connectivity index is 2.59. The highest BCUT2D eigenvalue weighted by atomic mass is 16.5. The SMILES string of the molecule is CCC(=CCOc1ccc(C(C)=O)cc1)C(=O)O. The maximum Gasteiger partial charge on any atom is 0.331 e. The Labute approximate surface area is 106 Å². The lowest BCUT2D eigenvalue weighted by atomic mass is 10.1. The van der Waals surface area contributed by atoms with E-state index in [1.807, 2.05) is 0 Å². The van der Waals surface area contributed by atoms with Gasteiger partial charge in [-0.1, -0.05) is 6.92 Å². The number of Topliss-reactive ketones (excluding diaryl/α,β-unsaturated/α-hetero) is 1. The number of ketones is 1. The molecule has 18 heavy (non-hydrogen) atoms. The van der Waals surface area contributed by atoms with Crippen LogP contribution in [-0.4, -0.2) is 23.5 Å². The van der Waals surface area contributed by atoms with Crippen LogP contribution in [0.5, 0.6) is 5.75 Å². The number of rotatable bonds is 6. The summed E-state index contributed by atoms with van der Waals surface area (Å²) in [6, 6.07) is 6.74. The lowest BCUT2D eigenvalue weighted by Gasteiger charge is -2.04. The largest absolute Gasteiger partial charge is 0.490 e. The van der Waals surface area contributed by atoms with Crippen molar-refractivity contribution in [1.29, 1.82) is 0 Å². The van der Waals surface area contributed by atoms with Gasteiger partial charge in [0, 0.05) is 11.1 Å². The number of carbonyl (C=O) groups excluding carboxylic acids is 1. The maximum atomic E-state index is 11.1. The van der Waals surface area contributed by atoms with Gasteiger partial charge in [0.2, 0.25) is 0 Å².